The molecule has 0 bridgehead atoms. The first-order valence-electron chi connectivity index (χ1n) is 9.24. The molecule has 0 radical (unpaired) electrons. The van der Waals surface area contributed by atoms with Gasteiger partial charge in [-0.15, -0.1) is 0 Å². The average molecular weight is 510 g/mol. The molecule has 0 saturated carbocycles. The predicted octanol–water partition coefficient (Wildman–Crippen LogP) is 5.18. The molecule has 0 spiro atoms. The van der Waals surface area contributed by atoms with Gasteiger partial charge in [0.2, 0.25) is 0 Å². The van der Waals surface area contributed by atoms with Crippen molar-refractivity contribution in [2.75, 3.05) is 25.5 Å². The molecule has 0 aliphatic heterocycles. The number of anilines is 1. The summed E-state index contributed by atoms with van der Waals surface area (Å²) in [5.74, 6) is -0.191. The molecule has 1 heterocycles. The van der Waals surface area contributed by atoms with Crippen LogP contribution < -0.4 is 10.6 Å². The Balaban J connectivity index is 1.43. The number of pyridine rings is 1. The number of urea groups is 1. The third-order valence-electron chi connectivity index (χ3n) is 4.38. The van der Waals surface area contributed by atoms with Crippen molar-refractivity contribution in [3.63, 3.8) is 0 Å². The zero-order valence-corrected chi connectivity index (χ0v) is 18.8. The molecule has 10 heteroatoms. The SMILES string of the molecule is CN(CCOC(=O)Nc1cc2cc(Br)ccc2cn1)C(=O)NCc1cccc(F)c1Cl. The molecule has 2 N–H and O–H groups in total. The van der Waals surface area contributed by atoms with E-state index in [1.807, 2.05) is 18.2 Å². The highest BCUT2D eigenvalue weighted by molar-refractivity contribution is 9.10. The summed E-state index contributed by atoms with van der Waals surface area (Å²) in [6.07, 6.45) is 0.975. The Kier molecular flexibility index (Phi) is 7.64. The Labute approximate surface area is 191 Å². The molecule has 3 amide bonds. The lowest BCUT2D eigenvalue weighted by molar-refractivity contribution is 0.146. The van der Waals surface area contributed by atoms with E-state index in [4.69, 9.17) is 16.3 Å². The fraction of sp³-hybridized carbons (Fsp3) is 0.190. The molecule has 0 atom stereocenters. The van der Waals surface area contributed by atoms with E-state index in [1.165, 1.54) is 17.0 Å². The van der Waals surface area contributed by atoms with Crippen LogP contribution in [0.3, 0.4) is 0 Å². The minimum Gasteiger partial charge on any atom is -0.447 e. The first kappa shape index (κ1) is 22.8. The number of hydrogen-bond donors (Lipinski definition) is 2. The molecule has 162 valence electrons. The number of carbonyl (C=O) groups excluding carboxylic acids is 2. The van der Waals surface area contributed by atoms with Gasteiger partial charge in [-0.2, -0.15) is 0 Å². The summed E-state index contributed by atoms with van der Waals surface area (Å²) in [5.41, 5.74) is 0.467. The van der Waals surface area contributed by atoms with Gasteiger partial charge in [-0.25, -0.2) is 19.0 Å². The van der Waals surface area contributed by atoms with E-state index >= 15 is 0 Å². The summed E-state index contributed by atoms with van der Waals surface area (Å²) in [6, 6.07) is 11.4. The van der Waals surface area contributed by atoms with Gasteiger partial charge < -0.3 is 15.0 Å². The number of rotatable bonds is 6. The number of carbonyl (C=O) groups is 2. The van der Waals surface area contributed by atoms with Crippen molar-refractivity contribution < 1.29 is 18.7 Å². The van der Waals surface area contributed by atoms with Crippen LogP contribution in [0, 0.1) is 5.82 Å². The number of benzene rings is 2. The quantitative estimate of drug-likeness (QED) is 0.480. The zero-order chi connectivity index (χ0) is 22.4. The Morgan fingerprint density at radius 3 is 2.84 bits per heavy atom. The minimum atomic E-state index is -0.679. The molecule has 0 saturated heterocycles. The largest absolute Gasteiger partial charge is 0.447 e. The van der Waals surface area contributed by atoms with Crippen LogP contribution in [0.5, 0.6) is 0 Å². The number of nitrogens with one attached hydrogen (secondary N) is 2. The zero-order valence-electron chi connectivity index (χ0n) is 16.5. The van der Waals surface area contributed by atoms with Crippen LogP contribution >= 0.6 is 27.5 Å². The van der Waals surface area contributed by atoms with E-state index in [1.54, 1.807) is 25.4 Å². The van der Waals surface area contributed by atoms with E-state index in [0.29, 0.717) is 11.4 Å². The van der Waals surface area contributed by atoms with Gasteiger partial charge in [-0.05, 0) is 35.2 Å². The van der Waals surface area contributed by atoms with Gasteiger partial charge in [0.05, 0.1) is 11.6 Å². The van der Waals surface area contributed by atoms with E-state index in [9.17, 15) is 14.0 Å². The van der Waals surface area contributed by atoms with Crippen LogP contribution in [0.2, 0.25) is 5.02 Å². The predicted molar refractivity (Wildman–Crippen MR) is 121 cm³/mol. The molecule has 0 aliphatic carbocycles. The lowest BCUT2D eigenvalue weighted by Gasteiger charge is -2.18. The van der Waals surface area contributed by atoms with Crippen LogP contribution in [-0.2, 0) is 11.3 Å². The first-order chi connectivity index (χ1) is 14.8. The molecular formula is C21H19BrClFN4O3. The second-order valence-corrected chi connectivity index (χ2v) is 7.91. The molecule has 3 aromatic rings. The lowest BCUT2D eigenvalue weighted by atomic mass is 10.2. The highest BCUT2D eigenvalue weighted by atomic mass is 79.9. The molecule has 31 heavy (non-hydrogen) atoms. The molecule has 0 unspecified atom stereocenters. The van der Waals surface area contributed by atoms with E-state index in [0.717, 1.165) is 15.2 Å². The number of hydrogen-bond acceptors (Lipinski definition) is 4. The number of fused-ring (bicyclic) bond motifs is 1. The van der Waals surface area contributed by atoms with Gasteiger partial charge in [0.15, 0.2) is 0 Å². The van der Waals surface area contributed by atoms with Gasteiger partial charge in [0.25, 0.3) is 0 Å². The summed E-state index contributed by atoms with van der Waals surface area (Å²) in [4.78, 5) is 29.6. The van der Waals surface area contributed by atoms with Gasteiger partial charge in [0, 0.05) is 29.6 Å². The molecule has 7 nitrogen and oxygen atoms in total. The number of nitrogens with zero attached hydrogens (tertiary/aromatic N) is 2. The maximum absolute atomic E-state index is 13.4. The van der Waals surface area contributed by atoms with Crippen LogP contribution in [0.4, 0.5) is 19.8 Å². The van der Waals surface area contributed by atoms with Gasteiger partial charge in [0.1, 0.15) is 18.2 Å². The maximum atomic E-state index is 13.4. The Hall–Kier alpha value is -2.91. The molecule has 2 aromatic carbocycles. The highest BCUT2D eigenvalue weighted by Crippen LogP contribution is 2.21. The van der Waals surface area contributed by atoms with Crippen LogP contribution in [0.25, 0.3) is 10.8 Å². The number of aromatic nitrogens is 1. The summed E-state index contributed by atoms with van der Waals surface area (Å²) < 4.78 is 19.5. The Morgan fingerprint density at radius 2 is 2.03 bits per heavy atom. The van der Waals surface area contributed by atoms with Crippen molar-refractivity contribution in [1.29, 1.82) is 0 Å². The number of likely N-dealkylation sites (N-methyl/N-ethyl adjacent to an activating group) is 1. The molecule has 0 aliphatic rings. The van der Waals surface area contributed by atoms with Gasteiger partial charge in [-0.3, -0.25) is 5.32 Å². The minimum absolute atomic E-state index is 0.0182. The number of halogens is 3. The number of amides is 3. The number of ether oxygens (including phenoxy) is 1. The topological polar surface area (TPSA) is 83.6 Å². The van der Waals surface area contributed by atoms with E-state index in [2.05, 4.69) is 31.5 Å². The average Bonchev–Trinajstić information content (AvgIpc) is 2.74. The summed E-state index contributed by atoms with van der Waals surface area (Å²) in [7, 11) is 1.55. The van der Waals surface area contributed by atoms with Crippen LogP contribution in [-0.4, -0.2) is 42.2 Å². The van der Waals surface area contributed by atoms with Crippen molar-refractivity contribution in [2.24, 2.45) is 0 Å². The Morgan fingerprint density at radius 1 is 1.23 bits per heavy atom. The van der Waals surface area contributed by atoms with Crippen LogP contribution in [0.1, 0.15) is 5.56 Å². The van der Waals surface area contributed by atoms with Crippen molar-refractivity contribution in [2.45, 2.75) is 6.54 Å². The van der Waals surface area contributed by atoms with Crippen molar-refractivity contribution in [3.8, 4) is 0 Å². The highest BCUT2D eigenvalue weighted by Gasteiger charge is 2.12. The molecule has 1 aromatic heterocycles. The fourth-order valence-corrected chi connectivity index (χ4v) is 3.26. The lowest BCUT2D eigenvalue weighted by Crippen LogP contribution is -2.39. The van der Waals surface area contributed by atoms with E-state index in [-0.39, 0.29) is 24.7 Å². The van der Waals surface area contributed by atoms with Crippen LogP contribution in [0.15, 0.2) is 53.1 Å². The standard InChI is InChI=1S/C21H19BrClFN4O3/c1-28(20(29)26-12-14-3-2-4-17(24)19(14)23)7-8-31-21(30)27-18-10-15-9-16(22)6-5-13(15)11-25-18/h2-6,9-11H,7-8,12H2,1H3,(H,26,29)(H,25,27,30). The molecule has 0 fully saturated rings. The molecular weight excluding hydrogens is 491 g/mol. The van der Waals surface area contributed by atoms with Crippen molar-refractivity contribution in [3.05, 3.63) is 69.5 Å². The summed E-state index contributed by atoms with van der Waals surface area (Å²) in [6.45, 7) is 0.217. The van der Waals surface area contributed by atoms with Gasteiger partial charge >= 0.3 is 12.1 Å². The third kappa shape index (κ3) is 6.28. The maximum Gasteiger partial charge on any atom is 0.412 e. The second-order valence-electron chi connectivity index (χ2n) is 6.62. The smallest absolute Gasteiger partial charge is 0.412 e. The Bertz CT molecular complexity index is 1120. The normalized spacial score (nSPS) is 10.6. The van der Waals surface area contributed by atoms with Crippen molar-refractivity contribution in [1.82, 2.24) is 15.2 Å². The summed E-state index contributed by atoms with van der Waals surface area (Å²) >= 11 is 9.27. The van der Waals surface area contributed by atoms with E-state index < -0.39 is 17.9 Å². The third-order valence-corrected chi connectivity index (χ3v) is 5.30. The molecule has 3 rings (SSSR count). The van der Waals surface area contributed by atoms with Crippen molar-refractivity contribution >= 4 is 56.2 Å². The fourth-order valence-electron chi connectivity index (χ4n) is 2.69. The van der Waals surface area contributed by atoms with Gasteiger partial charge in [-0.1, -0.05) is 45.7 Å². The first-order valence-corrected chi connectivity index (χ1v) is 10.4. The monoisotopic (exact) mass is 508 g/mol. The second kappa shape index (κ2) is 10.4. The summed E-state index contributed by atoms with van der Waals surface area (Å²) in [5, 5.41) is 7.01.